The maximum atomic E-state index is 3.69. The van der Waals surface area contributed by atoms with Crippen molar-refractivity contribution in [2.45, 2.75) is 32.2 Å². The number of hydrogen-bond donors (Lipinski definition) is 1. The van der Waals surface area contributed by atoms with Crippen LogP contribution in [0, 0.1) is 5.92 Å². The van der Waals surface area contributed by atoms with Gasteiger partial charge in [-0.3, -0.25) is 0 Å². The van der Waals surface area contributed by atoms with Crippen molar-refractivity contribution in [1.29, 1.82) is 0 Å². The van der Waals surface area contributed by atoms with Crippen LogP contribution in [0.3, 0.4) is 0 Å². The molecule has 1 aromatic rings. The SMILES string of the molecule is CC(Cc1cccs1)NCC1CCN(C)CC1. The van der Waals surface area contributed by atoms with E-state index in [9.17, 15) is 0 Å². The van der Waals surface area contributed by atoms with Crippen LogP contribution >= 0.6 is 11.3 Å². The van der Waals surface area contributed by atoms with Gasteiger partial charge in [-0.2, -0.15) is 0 Å². The van der Waals surface area contributed by atoms with E-state index < -0.39 is 0 Å². The van der Waals surface area contributed by atoms with Crippen LogP contribution in [0.1, 0.15) is 24.6 Å². The standard InChI is InChI=1S/C14H24N2S/c1-12(10-14-4-3-9-17-14)15-11-13-5-7-16(2)8-6-13/h3-4,9,12-13,15H,5-8,10-11H2,1-2H3. The molecule has 2 nitrogen and oxygen atoms in total. The van der Waals surface area contributed by atoms with Gasteiger partial charge in [-0.05, 0) is 70.2 Å². The summed E-state index contributed by atoms with van der Waals surface area (Å²) in [6, 6.07) is 4.98. The highest BCUT2D eigenvalue weighted by Gasteiger charge is 2.16. The van der Waals surface area contributed by atoms with Crippen molar-refractivity contribution < 1.29 is 0 Å². The second kappa shape index (κ2) is 6.53. The molecule has 1 fully saturated rings. The molecular weight excluding hydrogens is 228 g/mol. The fraction of sp³-hybridized carbons (Fsp3) is 0.714. The normalized spacial score (nSPS) is 20.6. The van der Waals surface area contributed by atoms with E-state index >= 15 is 0 Å². The summed E-state index contributed by atoms with van der Waals surface area (Å²) < 4.78 is 0. The highest BCUT2D eigenvalue weighted by molar-refractivity contribution is 7.09. The lowest BCUT2D eigenvalue weighted by molar-refractivity contribution is 0.213. The number of nitrogens with one attached hydrogen (secondary N) is 1. The highest BCUT2D eigenvalue weighted by atomic mass is 32.1. The summed E-state index contributed by atoms with van der Waals surface area (Å²) in [6.45, 7) is 6.03. The molecule has 0 spiro atoms. The van der Waals surface area contributed by atoms with E-state index in [4.69, 9.17) is 0 Å². The fourth-order valence-electron chi connectivity index (χ4n) is 2.44. The molecule has 0 aliphatic carbocycles. The van der Waals surface area contributed by atoms with Crippen molar-refractivity contribution in [3.05, 3.63) is 22.4 Å². The molecule has 1 unspecified atom stereocenters. The van der Waals surface area contributed by atoms with Gasteiger partial charge in [0.05, 0.1) is 0 Å². The third-order valence-electron chi connectivity index (χ3n) is 3.68. The highest BCUT2D eigenvalue weighted by Crippen LogP contribution is 2.16. The summed E-state index contributed by atoms with van der Waals surface area (Å²) >= 11 is 1.87. The Morgan fingerprint density at radius 3 is 2.88 bits per heavy atom. The molecule has 1 aliphatic rings. The largest absolute Gasteiger partial charge is 0.314 e. The molecule has 1 N–H and O–H groups in total. The second-order valence-corrected chi connectivity index (χ2v) is 6.37. The number of hydrogen-bond acceptors (Lipinski definition) is 3. The third kappa shape index (κ3) is 4.41. The van der Waals surface area contributed by atoms with Crippen molar-refractivity contribution in [2.24, 2.45) is 5.92 Å². The number of likely N-dealkylation sites (tertiary alicyclic amines) is 1. The first-order valence-corrected chi connectivity index (χ1v) is 7.56. The smallest absolute Gasteiger partial charge is 0.00871 e. The Morgan fingerprint density at radius 2 is 2.24 bits per heavy atom. The predicted octanol–water partition coefficient (Wildman–Crippen LogP) is 2.61. The van der Waals surface area contributed by atoms with Gasteiger partial charge in [0.25, 0.3) is 0 Å². The van der Waals surface area contributed by atoms with Crippen LogP contribution in [0.4, 0.5) is 0 Å². The zero-order chi connectivity index (χ0) is 12.1. The summed E-state index contributed by atoms with van der Waals surface area (Å²) in [4.78, 5) is 3.93. The van der Waals surface area contributed by atoms with Crippen molar-refractivity contribution in [3.8, 4) is 0 Å². The van der Waals surface area contributed by atoms with Gasteiger partial charge in [-0.15, -0.1) is 11.3 Å². The first kappa shape index (κ1) is 13.1. The van der Waals surface area contributed by atoms with E-state index in [-0.39, 0.29) is 0 Å². The Labute approximate surface area is 109 Å². The molecule has 0 amide bonds. The van der Waals surface area contributed by atoms with Crippen molar-refractivity contribution in [1.82, 2.24) is 10.2 Å². The van der Waals surface area contributed by atoms with Crippen LogP contribution in [0.2, 0.25) is 0 Å². The van der Waals surface area contributed by atoms with Crippen LogP contribution in [-0.4, -0.2) is 37.6 Å². The Hall–Kier alpha value is -0.380. The molecular formula is C14H24N2S. The summed E-state index contributed by atoms with van der Waals surface area (Å²) in [7, 11) is 2.23. The molecule has 1 saturated heterocycles. The van der Waals surface area contributed by atoms with Gasteiger partial charge in [0.2, 0.25) is 0 Å². The van der Waals surface area contributed by atoms with E-state index in [0.717, 1.165) is 5.92 Å². The van der Waals surface area contributed by atoms with Crippen LogP contribution in [0.15, 0.2) is 17.5 Å². The van der Waals surface area contributed by atoms with E-state index in [2.05, 4.69) is 41.7 Å². The zero-order valence-electron chi connectivity index (χ0n) is 11.0. The lowest BCUT2D eigenvalue weighted by Crippen LogP contribution is -2.38. The first-order chi connectivity index (χ1) is 8.24. The molecule has 0 bridgehead atoms. The molecule has 3 heteroatoms. The fourth-order valence-corrected chi connectivity index (χ4v) is 3.27. The van der Waals surface area contributed by atoms with Crippen molar-refractivity contribution in [2.75, 3.05) is 26.7 Å². The molecule has 0 saturated carbocycles. The van der Waals surface area contributed by atoms with Crippen molar-refractivity contribution >= 4 is 11.3 Å². The lowest BCUT2D eigenvalue weighted by atomic mass is 9.97. The number of thiophene rings is 1. The number of nitrogens with zero attached hydrogens (tertiary/aromatic N) is 1. The van der Waals surface area contributed by atoms with Gasteiger partial charge in [0.1, 0.15) is 0 Å². The monoisotopic (exact) mass is 252 g/mol. The molecule has 0 radical (unpaired) electrons. The molecule has 96 valence electrons. The van der Waals surface area contributed by atoms with Gasteiger partial charge < -0.3 is 10.2 Å². The minimum Gasteiger partial charge on any atom is -0.314 e. The Balaban J connectivity index is 1.64. The van der Waals surface area contributed by atoms with Crippen LogP contribution < -0.4 is 5.32 Å². The molecule has 1 aromatic heterocycles. The van der Waals surface area contributed by atoms with E-state index in [1.165, 1.54) is 43.8 Å². The predicted molar refractivity (Wildman–Crippen MR) is 75.7 cm³/mol. The maximum absolute atomic E-state index is 3.69. The van der Waals surface area contributed by atoms with Gasteiger partial charge in [-0.1, -0.05) is 6.07 Å². The molecule has 1 atom stereocenters. The van der Waals surface area contributed by atoms with Crippen LogP contribution in [0.5, 0.6) is 0 Å². The first-order valence-electron chi connectivity index (χ1n) is 6.68. The van der Waals surface area contributed by atoms with Crippen molar-refractivity contribution in [3.63, 3.8) is 0 Å². The topological polar surface area (TPSA) is 15.3 Å². The van der Waals surface area contributed by atoms with E-state index in [0.29, 0.717) is 6.04 Å². The number of piperidine rings is 1. The van der Waals surface area contributed by atoms with Crippen LogP contribution in [0.25, 0.3) is 0 Å². The minimum absolute atomic E-state index is 0.605. The van der Waals surface area contributed by atoms with Gasteiger partial charge in [0.15, 0.2) is 0 Å². The van der Waals surface area contributed by atoms with E-state index in [1.807, 2.05) is 11.3 Å². The molecule has 2 heterocycles. The van der Waals surface area contributed by atoms with Gasteiger partial charge >= 0.3 is 0 Å². The minimum atomic E-state index is 0.605. The average molecular weight is 252 g/mol. The van der Waals surface area contributed by atoms with Gasteiger partial charge in [0, 0.05) is 10.9 Å². The maximum Gasteiger partial charge on any atom is 0.00871 e. The molecule has 1 aliphatic heterocycles. The lowest BCUT2D eigenvalue weighted by Gasteiger charge is -2.29. The third-order valence-corrected chi connectivity index (χ3v) is 4.58. The summed E-state index contributed by atoms with van der Waals surface area (Å²) in [6.07, 6.45) is 3.88. The quantitative estimate of drug-likeness (QED) is 0.866. The number of rotatable bonds is 5. The summed E-state index contributed by atoms with van der Waals surface area (Å²) in [5, 5.41) is 5.86. The molecule has 0 aromatic carbocycles. The molecule has 17 heavy (non-hydrogen) atoms. The second-order valence-electron chi connectivity index (χ2n) is 5.34. The molecule has 2 rings (SSSR count). The average Bonchev–Trinajstić information content (AvgIpc) is 2.81. The Bertz CT molecular complexity index is 302. The zero-order valence-corrected chi connectivity index (χ0v) is 11.8. The van der Waals surface area contributed by atoms with Gasteiger partial charge in [-0.25, -0.2) is 0 Å². The Morgan fingerprint density at radius 1 is 1.47 bits per heavy atom. The summed E-state index contributed by atoms with van der Waals surface area (Å²) in [5.74, 6) is 0.886. The Kier molecular flexibility index (Phi) is 5.01. The van der Waals surface area contributed by atoms with Crippen LogP contribution in [-0.2, 0) is 6.42 Å². The van der Waals surface area contributed by atoms with E-state index in [1.54, 1.807) is 0 Å². The summed E-state index contributed by atoms with van der Waals surface area (Å²) in [5.41, 5.74) is 0.